The van der Waals surface area contributed by atoms with Crippen LogP contribution >= 0.6 is 22.7 Å². The van der Waals surface area contributed by atoms with Crippen molar-refractivity contribution < 1.29 is 19.4 Å². The number of thiazole rings is 2. The van der Waals surface area contributed by atoms with Gasteiger partial charge in [0.05, 0.1) is 34.1 Å². The fourth-order valence-corrected chi connectivity index (χ4v) is 6.26. The van der Waals surface area contributed by atoms with Gasteiger partial charge in [-0.1, -0.05) is 68.5 Å². The normalized spacial score (nSPS) is 15.9. The van der Waals surface area contributed by atoms with Gasteiger partial charge in [0.25, 0.3) is 5.91 Å². The minimum Gasteiger partial charge on any atom is -0.503 e. The molecule has 1 aliphatic heterocycles. The molecule has 9 heteroatoms. The van der Waals surface area contributed by atoms with E-state index in [-0.39, 0.29) is 11.7 Å². The van der Waals surface area contributed by atoms with Gasteiger partial charge in [0.2, 0.25) is 0 Å². The zero-order valence-electron chi connectivity index (χ0n) is 21.0. The van der Waals surface area contributed by atoms with Crippen LogP contribution in [0.5, 0.6) is 0 Å². The predicted octanol–water partition coefficient (Wildman–Crippen LogP) is 6.49. The summed E-state index contributed by atoms with van der Waals surface area (Å²) in [6.45, 7) is 8.03. The van der Waals surface area contributed by atoms with Crippen LogP contribution in [0.1, 0.15) is 58.3 Å². The van der Waals surface area contributed by atoms with Gasteiger partial charge < -0.3 is 9.84 Å². The molecule has 0 radical (unpaired) electrons. The first kappa shape index (κ1) is 25.1. The minimum atomic E-state index is -0.649. The first-order valence-electron chi connectivity index (χ1n) is 12.1. The van der Waals surface area contributed by atoms with E-state index in [0.717, 1.165) is 39.1 Å². The number of aliphatic hydroxyl groups excluding tert-OH is 1. The van der Waals surface area contributed by atoms with E-state index in [1.165, 1.54) is 16.2 Å². The number of aryl methyl sites for hydroxylation is 2. The fraction of sp³-hybridized carbons (Fsp3) is 0.286. The maximum absolute atomic E-state index is 13.6. The maximum Gasteiger partial charge on any atom is 0.350 e. The lowest BCUT2D eigenvalue weighted by atomic mass is 9.98. The number of esters is 1. The van der Waals surface area contributed by atoms with Crippen molar-refractivity contribution in [1.29, 1.82) is 0 Å². The number of aromatic nitrogens is 2. The Morgan fingerprint density at radius 2 is 1.84 bits per heavy atom. The summed E-state index contributed by atoms with van der Waals surface area (Å²) in [4.78, 5) is 37.4. The molecule has 0 bridgehead atoms. The Kier molecular flexibility index (Phi) is 6.83. The number of ether oxygens (including phenoxy) is 1. The Balaban J connectivity index is 1.61. The molecule has 190 valence electrons. The van der Waals surface area contributed by atoms with Crippen LogP contribution in [0, 0.1) is 12.8 Å². The van der Waals surface area contributed by atoms with Crippen LogP contribution in [0.3, 0.4) is 0 Å². The monoisotopic (exact) mass is 533 g/mol. The van der Waals surface area contributed by atoms with E-state index in [1.54, 1.807) is 6.92 Å². The molecule has 4 aromatic rings. The molecule has 0 fully saturated rings. The molecule has 1 atom stereocenters. The van der Waals surface area contributed by atoms with Crippen molar-refractivity contribution in [3.05, 3.63) is 81.0 Å². The van der Waals surface area contributed by atoms with Crippen molar-refractivity contribution in [2.45, 2.75) is 40.2 Å². The third-order valence-electron chi connectivity index (χ3n) is 6.16. The largest absolute Gasteiger partial charge is 0.503 e. The number of nitrogens with zero attached hydrogens (tertiary/aromatic N) is 3. The number of aliphatic hydroxyl groups is 1. The molecule has 1 aliphatic rings. The average molecular weight is 534 g/mol. The zero-order valence-corrected chi connectivity index (χ0v) is 22.7. The van der Waals surface area contributed by atoms with Gasteiger partial charge in [-0.3, -0.25) is 9.69 Å². The van der Waals surface area contributed by atoms with Crippen molar-refractivity contribution in [1.82, 2.24) is 9.97 Å². The molecule has 1 N–H and O–H groups in total. The molecule has 0 spiro atoms. The first-order valence-corrected chi connectivity index (χ1v) is 13.8. The molecular weight excluding hydrogens is 506 g/mol. The second-order valence-corrected chi connectivity index (χ2v) is 11.3. The van der Waals surface area contributed by atoms with Gasteiger partial charge in [-0.2, -0.15) is 0 Å². The third-order valence-corrected chi connectivity index (χ3v) is 8.37. The van der Waals surface area contributed by atoms with Gasteiger partial charge in [0.1, 0.15) is 9.88 Å². The number of amides is 1. The number of hydrogen-bond acceptors (Lipinski definition) is 8. The molecule has 0 aliphatic carbocycles. The van der Waals surface area contributed by atoms with Crippen molar-refractivity contribution in [3.63, 3.8) is 0 Å². The lowest BCUT2D eigenvalue weighted by molar-refractivity contribution is -0.117. The molecule has 37 heavy (non-hydrogen) atoms. The Morgan fingerprint density at radius 1 is 1.11 bits per heavy atom. The van der Waals surface area contributed by atoms with Gasteiger partial charge in [-0.15, -0.1) is 11.3 Å². The summed E-state index contributed by atoms with van der Waals surface area (Å²) in [6, 6.07) is 15.0. The highest BCUT2D eigenvalue weighted by Gasteiger charge is 2.45. The van der Waals surface area contributed by atoms with Gasteiger partial charge in [-0.05, 0) is 42.5 Å². The number of rotatable bonds is 7. The summed E-state index contributed by atoms with van der Waals surface area (Å²) in [5.41, 5.74) is 3.70. The summed E-state index contributed by atoms with van der Waals surface area (Å²) in [7, 11) is 0. The second-order valence-electron chi connectivity index (χ2n) is 9.33. The third kappa shape index (κ3) is 4.65. The van der Waals surface area contributed by atoms with Crippen LogP contribution in [0.2, 0.25) is 0 Å². The quantitative estimate of drug-likeness (QED) is 0.273. The zero-order chi connectivity index (χ0) is 26.3. The predicted molar refractivity (Wildman–Crippen MR) is 147 cm³/mol. The highest BCUT2D eigenvalue weighted by Crippen LogP contribution is 2.48. The van der Waals surface area contributed by atoms with Gasteiger partial charge in [-0.25, -0.2) is 14.8 Å². The van der Waals surface area contributed by atoms with Gasteiger partial charge >= 0.3 is 5.97 Å². The summed E-state index contributed by atoms with van der Waals surface area (Å²) in [5, 5.41) is 12.1. The molecule has 1 amide bonds. The maximum atomic E-state index is 13.6. The van der Waals surface area contributed by atoms with E-state index >= 15 is 0 Å². The van der Waals surface area contributed by atoms with Crippen LogP contribution in [0.15, 0.2) is 54.3 Å². The Hall–Kier alpha value is -3.56. The van der Waals surface area contributed by atoms with E-state index in [4.69, 9.17) is 9.72 Å². The number of hydrogen-bond donors (Lipinski definition) is 1. The van der Waals surface area contributed by atoms with Crippen LogP contribution in [0.4, 0.5) is 5.13 Å². The Morgan fingerprint density at radius 3 is 2.51 bits per heavy atom. The topological polar surface area (TPSA) is 92.6 Å². The van der Waals surface area contributed by atoms with E-state index in [1.807, 2.05) is 62.4 Å². The molecule has 3 heterocycles. The Labute approximate surface area is 223 Å². The standard InChI is InChI=1S/C28H27N3O4S2/c1-5-17-10-12-18(13-11-17)22-21(25-30-19-8-6-7-9-20(19)36-25)23(32)26(33)31(22)28-29-16(4)24(37-28)27(34)35-14-15(2)3/h6-13,15,22,32H,5,14H2,1-4H3/t22-/m0/s1. The lowest BCUT2D eigenvalue weighted by Gasteiger charge is -2.24. The molecule has 7 nitrogen and oxygen atoms in total. The van der Waals surface area contributed by atoms with Gasteiger partial charge in [0.15, 0.2) is 10.9 Å². The van der Waals surface area contributed by atoms with Crippen molar-refractivity contribution >= 4 is 55.5 Å². The summed E-state index contributed by atoms with van der Waals surface area (Å²) >= 11 is 2.52. The molecule has 0 unspecified atom stereocenters. The van der Waals surface area contributed by atoms with Gasteiger partial charge in [0, 0.05) is 0 Å². The minimum absolute atomic E-state index is 0.199. The lowest BCUT2D eigenvalue weighted by Crippen LogP contribution is -2.30. The highest BCUT2D eigenvalue weighted by atomic mass is 32.1. The molecule has 2 aromatic heterocycles. The SMILES string of the molecule is CCc1ccc([C@H]2C(c3nc4ccccc4s3)=C(O)C(=O)N2c2nc(C)c(C(=O)OCC(C)C)s2)cc1. The number of benzene rings is 2. The summed E-state index contributed by atoms with van der Waals surface area (Å²) in [6.07, 6.45) is 0.882. The number of anilines is 1. The number of para-hydroxylation sites is 1. The van der Waals surface area contributed by atoms with E-state index in [9.17, 15) is 14.7 Å². The first-order chi connectivity index (χ1) is 17.8. The smallest absolute Gasteiger partial charge is 0.350 e. The van der Waals surface area contributed by atoms with Crippen LogP contribution < -0.4 is 4.90 Å². The van der Waals surface area contributed by atoms with Crippen LogP contribution in [0.25, 0.3) is 15.8 Å². The van der Waals surface area contributed by atoms with E-state index in [2.05, 4.69) is 11.9 Å². The fourth-order valence-electron chi connectivity index (χ4n) is 4.24. The second kappa shape index (κ2) is 10.1. The van der Waals surface area contributed by atoms with Crippen LogP contribution in [-0.4, -0.2) is 33.6 Å². The molecular formula is C28H27N3O4S2. The summed E-state index contributed by atoms with van der Waals surface area (Å²) < 4.78 is 6.38. The van der Waals surface area contributed by atoms with Crippen molar-refractivity contribution in [2.24, 2.45) is 5.92 Å². The molecule has 0 saturated heterocycles. The van der Waals surface area contributed by atoms with Crippen molar-refractivity contribution in [2.75, 3.05) is 11.5 Å². The number of fused-ring (bicyclic) bond motifs is 1. The van der Waals surface area contributed by atoms with Crippen LogP contribution in [-0.2, 0) is 16.0 Å². The molecule has 5 rings (SSSR count). The van der Waals surface area contributed by atoms with Crippen molar-refractivity contribution in [3.8, 4) is 0 Å². The van der Waals surface area contributed by atoms with E-state index < -0.39 is 17.9 Å². The number of carbonyl (C=O) groups excluding carboxylic acids is 2. The van der Waals surface area contributed by atoms with E-state index in [0.29, 0.717) is 32.9 Å². The molecule has 2 aromatic carbocycles. The highest BCUT2D eigenvalue weighted by molar-refractivity contribution is 7.19. The summed E-state index contributed by atoms with van der Waals surface area (Å²) in [5.74, 6) is -1.20. The molecule has 0 saturated carbocycles. The Bertz CT molecular complexity index is 1480. The average Bonchev–Trinajstić information content (AvgIpc) is 3.56. The number of carbonyl (C=O) groups is 2.